The average molecular weight is 172 g/mol. The molecule has 0 fully saturated rings. The summed E-state index contributed by atoms with van der Waals surface area (Å²) in [7, 11) is 0. The van der Waals surface area contributed by atoms with Gasteiger partial charge in [0.05, 0.1) is 11.1 Å². The van der Waals surface area contributed by atoms with E-state index in [1.54, 1.807) is 0 Å². The van der Waals surface area contributed by atoms with Gasteiger partial charge in [0.2, 0.25) is 0 Å². The van der Waals surface area contributed by atoms with Crippen molar-refractivity contribution < 1.29 is 0 Å². The molecule has 0 radical (unpaired) electrons. The van der Waals surface area contributed by atoms with E-state index in [0.29, 0.717) is 23.1 Å². The van der Waals surface area contributed by atoms with Crippen LogP contribution in [0.4, 0.5) is 5.82 Å². The number of hydrogen-bond acceptors (Lipinski definition) is 4. The highest BCUT2D eigenvalue weighted by atomic mass is 14.8. The van der Waals surface area contributed by atoms with Gasteiger partial charge in [0.1, 0.15) is 18.0 Å². The van der Waals surface area contributed by atoms with Gasteiger partial charge in [-0.1, -0.05) is 6.92 Å². The molecule has 0 saturated heterocycles. The molecular formula is C9H8N4. The zero-order chi connectivity index (χ0) is 9.84. The van der Waals surface area contributed by atoms with E-state index in [2.05, 4.69) is 4.98 Å². The van der Waals surface area contributed by atoms with Gasteiger partial charge >= 0.3 is 0 Å². The van der Waals surface area contributed by atoms with Crippen LogP contribution in [0.3, 0.4) is 0 Å². The first-order valence-corrected chi connectivity index (χ1v) is 3.82. The second-order valence-corrected chi connectivity index (χ2v) is 2.49. The Hall–Kier alpha value is -2.07. The second kappa shape index (κ2) is 3.55. The molecule has 1 heterocycles. The Morgan fingerprint density at radius 3 is 2.62 bits per heavy atom. The summed E-state index contributed by atoms with van der Waals surface area (Å²) >= 11 is 0. The Morgan fingerprint density at radius 2 is 2.15 bits per heavy atom. The van der Waals surface area contributed by atoms with Gasteiger partial charge in [0.25, 0.3) is 0 Å². The summed E-state index contributed by atoms with van der Waals surface area (Å²) in [5, 5.41) is 17.5. The van der Waals surface area contributed by atoms with Gasteiger partial charge in [-0.15, -0.1) is 0 Å². The molecule has 0 bridgehead atoms. The van der Waals surface area contributed by atoms with Crippen LogP contribution in [0.5, 0.6) is 0 Å². The van der Waals surface area contributed by atoms with Crippen molar-refractivity contribution in [3.63, 3.8) is 0 Å². The number of nitrogens with zero attached hydrogens (tertiary/aromatic N) is 3. The molecule has 1 rings (SSSR count). The maximum absolute atomic E-state index is 8.77. The van der Waals surface area contributed by atoms with Crippen molar-refractivity contribution in [2.75, 3.05) is 5.73 Å². The molecule has 0 aliphatic carbocycles. The quantitative estimate of drug-likeness (QED) is 0.683. The number of nitriles is 2. The zero-order valence-corrected chi connectivity index (χ0v) is 7.20. The summed E-state index contributed by atoms with van der Waals surface area (Å²) in [6.07, 6.45) is 2.01. The summed E-state index contributed by atoms with van der Waals surface area (Å²) in [5.41, 5.74) is 6.91. The van der Waals surface area contributed by atoms with Crippen LogP contribution >= 0.6 is 0 Å². The molecule has 0 amide bonds. The first kappa shape index (κ1) is 9.02. The van der Waals surface area contributed by atoms with Gasteiger partial charge in [0.15, 0.2) is 0 Å². The SMILES string of the molecule is CCc1c(C#N)cnc(N)c1C#N. The fourth-order valence-corrected chi connectivity index (χ4v) is 1.15. The van der Waals surface area contributed by atoms with Crippen molar-refractivity contribution in [2.45, 2.75) is 13.3 Å². The highest BCUT2D eigenvalue weighted by Crippen LogP contribution is 2.17. The monoisotopic (exact) mass is 172 g/mol. The number of anilines is 1. The number of pyridine rings is 1. The molecule has 4 nitrogen and oxygen atoms in total. The fraction of sp³-hybridized carbons (Fsp3) is 0.222. The Bertz CT molecular complexity index is 409. The highest BCUT2D eigenvalue weighted by Gasteiger charge is 2.10. The van der Waals surface area contributed by atoms with Crippen molar-refractivity contribution in [1.82, 2.24) is 4.98 Å². The van der Waals surface area contributed by atoms with Gasteiger partial charge in [-0.2, -0.15) is 10.5 Å². The lowest BCUT2D eigenvalue weighted by molar-refractivity contribution is 1.09. The van der Waals surface area contributed by atoms with Crippen LogP contribution in [0, 0.1) is 22.7 Å². The van der Waals surface area contributed by atoms with Gasteiger partial charge in [-0.3, -0.25) is 0 Å². The molecule has 64 valence electrons. The molecule has 0 aliphatic heterocycles. The lowest BCUT2D eigenvalue weighted by Gasteiger charge is -2.04. The maximum Gasteiger partial charge on any atom is 0.141 e. The number of nitrogens with two attached hydrogens (primary N) is 1. The Labute approximate surface area is 76.2 Å². The molecule has 2 N–H and O–H groups in total. The topological polar surface area (TPSA) is 86.5 Å². The van der Waals surface area contributed by atoms with Crippen molar-refractivity contribution in [3.8, 4) is 12.1 Å². The standard InChI is InChI=1S/C9H8N4/c1-2-7-6(3-10)5-13-9(12)8(7)4-11/h5H,2H2,1H3,(H2,12,13). The number of nitrogen functional groups attached to an aromatic ring is 1. The van der Waals surface area contributed by atoms with Crippen LogP contribution in [0.25, 0.3) is 0 Å². The van der Waals surface area contributed by atoms with E-state index in [4.69, 9.17) is 16.3 Å². The van der Waals surface area contributed by atoms with Crippen LogP contribution in [0.15, 0.2) is 6.20 Å². The van der Waals surface area contributed by atoms with E-state index in [-0.39, 0.29) is 5.82 Å². The Kier molecular flexibility index (Phi) is 2.47. The van der Waals surface area contributed by atoms with Gasteiger partial charge in [0, 0.05) is 6.20 Å². The van der Waals surface area contributed by atoms with Crippen molar-refractivity contribution >= 4 is 5.82 Å². The maximum atomic E-state index is 8.77. The van der Waals surface area contributed by atoms with Crippen LogP contribution < -0.4 is 5.73 Å². The largest absolute Gasteiger partial charge is 0.383 e. The zero-order valence-electron chi connectivity index (χ0n) is 7.20. The Morgan fingerprint density at radius 1 is 1.46 bits per heavy atom. The third kappa shape index (κ3) is 1.43. The molecular weight excluding hydrogens is 164 g/mol. The average Bonchev–Trinajstić information content (AvgIpc) is 2.17. The second-order valence-electron chi connectivity index (χ2n) is 2.49. The molecule has 0 atom stereocenters. The summed E-state index contributed by atoms with van der Waals surface area (Å²) in [6.45, 7) is 1.87. The molecule has 0 unspecified atom stereocenters. The minimum atomic E-state index is 0.193. The predicted octanol–water partition coefficient (Wildman–Crippen LogP) is 0.970. The van der Waals surface area contributed by atoms with E-state index in [0.717, 1.165) is 0 Å². The third-order valence-electron chi connectivity index (χ3n) is 1.80. The normalized spacial score (nSPS) is 8.85. The molecule has 13 heavy (non-hydrogen) atoms. The van der Waals surface area contributed by atoms with E-state index in [1.807, 2.05) is 19.1 Å². The van der Waals surface area contributed by atoms with Crippen molar-refractivity contribution in [3.05, 3.63) is 22.9 Å². The molecule has 0 aromatic carbocycles. The fourth-order valence-electron chi connectivity index (χ4n) is 1.15. The number of hydrogen-bond donors (Lipinski definition) is 1. The van der Waals surface area contributed by atoms with Crippen LogP contribution in [-0.4, -0.2) is 4.98 Å². The van der Waals surface area contributed by atoms with Crippen LogP contribution in [0.2, 0.25) is 0 Å². The summed E-state index contributed by atoms with van der Waals surface area (Å²) in [5.74, 6) is 0.193. The number of aromatic nitrogens is 1. The van der Waals surface area contributed by atoms with E-state index >= 15 is 0 Å². The molecule has 1 aromatic rings. The van der Waals surface area contributed by atoms with Crippen LogP contribution in [0.1, 0.15) is 23.6 Å². The summed E-state index contributed by atoms with van der Waals surface area (Å²) in [6, 6.07) is 3.93. The minimum absolute atomic E-state index is 0.193. The summed E-state index contributed by atoms with van der Waals surface area (Å²) < 4.78 is 0. The molecule has 0 aliphatic rings. The van der Waals surface area contributed by atoms with E-state index in [1.165, 1.54) is 6.20 Å². The van der Waals surface area contributed by atoms with E-state index < -0.39 is 0 Å². The first-order valence-electron chi connectivity index (χ1n) is 3.82. The Balaban J connectivity index is 3.50. The molecule has 0 spiro atoms. The van der Waals surface area contributed by atoms with Gasteiger partial charge in [-0.05, 0) is 12.0 Å². The minimum Gasteiger partial charge on any atom is -0.383 e. The first-order chi connectivity index (χ1) is 6.24. The molecule has 1 aromatic heterocycles. The lowest BCUT2D eigenvalue weighted by atomic mass is 10.0. The predicted molar refractivity (Wildman–Crippen MR) is 47.5 cm³/mol. The summed E-state index contributed by atoms with van der Waals surface area (Å²) in [4.78, 5) is 3.76. The molecule has 0 saturated carbocycles. The van der Waals surface area contributed by atoms with Crippen LogP contribution in [-0.2, 0) is 6.42 Å². The van der Waals surface area contributed by atoms with Crippen molar-refractivity contribution in [2.24, 2.45) is 0 Å². The van der Waals surface area contributed by atoms with Crippen molar-refractivity contribution in [1.29, 1.82) is 10.5 Å². The smallest absolute Gasteiger partial charge is 0.141 e. The van der Waals surface area contributed by atoms with Gasteiger partial charge in [-0.25, -0.2) is 4.98 Å². The third-order valence-corrected chi connectivity index (χ3v) is 1.80. The highest BCUT2D eigenvalue weighted by molar-refractivity contribution is 5.57. The molecule has 4 heteroatoms. The number of rotatable bonds is 1. The van der Waals surface area contributed by atoms with E-state index in [9.17, 15) is 0 Å². The van der Waals surface area contributed by atoms with Gasteiger partial charge < -0.3 is 5.73 Å². The lowest BCUT2D eigenvalue weighted by Crippen LogP contribution is -2.01.